The first-order valence-electron chi connectivity index (χ1n) is 7.14. The second kappa shape index (κ2) is 6.83. The predicted octanol–water partition coefficient (Wildman–Crippen LogP) is 2.47. The highest BCUT2D eigenvalue weighted by Gasteiger charge is 2.20. The topological polar surface area (TPSA) is 30.3 Å². The zero-order valence-corrected chi connectivity index (χ0v) is 12.3. The summed E-state index contributed by atoms with van der Waals surface area (Å²) in [7, 11) is 4.22. The number of likely N-dealkylation sites (tertiary alicyclic amines) is 1. The Morgan fingerprint density at radius 2 is 2.05 bits per heavy atom. The summed E-state index contributed by atoms with van der Waals surface area (Å²) >= 11 is 0. The first-order chi connectivity index (χ1) is 9.58. The summed E-state index contributed by atoms with van der Waals surface area (Å²) in [6, 6.07) is 6.72. The summed E-state index contributed by atoms with van der Waals surface area (Å²) in [4.78, 5) is 4.54. The van der Waals surface area contributed by atoms with Gasteiger partial charge >= 0.3 is 0 Å². The molecule has 1 saturated heterocycles. The molecule has 1 aromatic carbocycles. The Morgan fingerprint density at radius 3 is 2.60 bits per heavy atom. The molecule has 4 heteroatoms. The van der Waals surface area contributed by atoms with Crippen LogP contribution in [0.1, 0.15) is 24.0 Å². The van der Waals surface area contributed by atoms with E-state index >= 15 is 0 Å². The first-order valence-corrected chi connectivity index (χ1v) is 7.14. The average molecular weight is 275 g/mol. The number of nitriles is 1. The largest absolute Gasteiger partial charge is 0.309 e. The molecule has 108 valence electrons. The Hall–Kier alpha value is -1.44. The minimum Gasteiger partial charge on any atom is -0.309 e. The van der Waals surface area contributed by atoms with Gasteiger partial charge in [0.1, 0.15) is 5.82 Å². The number of halogens is 1. The number of hydrogen-bond donors (Lipinski definition) is 0. The molecule has 0 N–H and O–H groups in total. The lowest BCUT2D eigenvalue weighted by molar-refractivity contribution is 0.155. The summed E-state index contributed by atoms with van der Waals surface area (Å²) in [5, 5.41) is 8.74. The average Bonchev–Trinajstić information content (AvgIpc) is 2.42. The fourth-order valence-electron chi connectivity index (χ4n) is 2.83. The van der Waals surface area contributed by atoms with E-state index in [4.69, 9.17) is 5.26 Å². The van der Waals surface area contributed by atoms with Gasteiger partial charge in [0.25, 0.3) is 0 Å². The Morgan fingerprint density at radius 1 is 1.35 bits per heavy atom. The highest BCUT2D eigenvalue weighted by molar-refractivity contribution is 5.32. The molecule has 1 aliphatic rings. The van der Waals surface area contributed by atoms with Crippen LogP contribution in [0.5, 0.6) is 0 Å². The number of nitrogens with zero attached hydrogens (tertiary/aromatic N) is 3. The predicted molar refractivity (Wildman–Crippen MR) is 77.7 cm³/mol. The molecule has 0 atom stereocenters. The third-order valence-corrected chi connectivity index (χ3v) is 3.91. The normalized spacial score (nSPS) is 17.4. The zero-order chi connectivity index (χ0) is 14.5. The van der Waals surface area contributed by atoms with Gasteiger partial charge in [-0.15, -0.1) is 0 Å². The van der Waals surface area contributed by atoms with E-state index in [1.807, 2.05) is 6.07 Å². The quantitative estimate of drug-likeness (QED) is 0.845. The third kappa shape index (κ3) is 4.03. The molecule has 2 rings (SSSR count). The summed E-state index contributed by atoms with van der Waals surface area (Å²) < 4.78 is 13.9. The van der Waals surface area contributed by atoms with Crippen LogP contribution in [0.2, 0.25) is 0 Å². The maximum absolute atomic E-state index is 13.9. The minimum atomic E-state index is -0.264. The van der Waals surface area contributed by atoms with Crippen molar-refractivity contribution in [3.63, 3.8) is 0 Å². The van der Waals surface area contributed by atoms with Gasteiger partial charge in [0.2, 0.25) is 0 Å². The molecule has 1 aliphatic heterocycles. The van der Waals surface area contributed by atoms with Crippen LogP contribution in [0.3, 0.4) is 0 Å². The van der Waals surface area contributed by atoms with E-state index in [2.05, 4.69) is 23.9 Å². The summed E-state index contributed by atoms with van der Waals surface area (Å²) in [6.07, 6.45) is 2.35. The van der Waals surface area contributed by atoms with Crippen LogP contribution in [-0.4, -0.2) is 43.5 Å². The van der Waals surface area contributed by atoms with E-state index in [0.29, 0.717) is 17.7 Å². The molecule has 1 heterocycles. The molecule has 0 aliphatic carbocycles. The van der Waals surface area contributed by atoms with Gasteiger partial charge in [0.15, 0.2) is 0 Å². The first kappa shape index (κ1) is 15.0. The van der Waals surface area contributed by atoms with Crippen molar-refractivity contribution in [3.05, 3.63) is 35.1 Å². The zero-order valence-electron chi connectivity index (χ0n) is 12.3. The van der Waals surface area contributed by atoms with Crippen molar-refractivity contribution >= 4 is 0 Å². The highest BCUT2D eigenvalue weighted by Crippen LogP contribution is 2.20. The van der Waals surface area contributed by atoms with Gasteiger partial charge in [-0.25, -0.2) is 4.39 Å². The van der Waals surface area contributed by atoms with E-state index in [1.54, 1.807) is 12.1 Å². The fourth-order valence-corrected chi connectivity index (χ4v) is 2.83. The molecule has 1 fully saturated rings. The van der Waals surface area contributed by atoms with Crippen LogP contribution in [0, 0.1) is 23.1 Å². The van der Waals surface area contributed by atoms with Gasteiger partial charge in [0.05, 0.1) is 11.6 Å². The van der Waals surface area contributed by atoms with Crippen LogP contribution in [-0.2, 0) is 6.54 Å². The molecule has 1 aromatic rings. The molecule has 0 spiro atoms. The van der Waals surface area contributed by atoms with Gasteiger partial charge in [-0.3, -0.25) is 4.90 Å². The van der Waals surface area contributed by atoms with Gasteiger partial charge < -0.3 is 4.90 Å². The van der Waals surface area contributed by atoms with E-state index in [-0.39, 0.29) is 5.82 Å². The lowest BCUT2D eigenvalue weighted by Gasteiger charge is -2.33. The Kier molecular flexibility index (Phi) is 5.11. The fraction of sp³-hybridized carbons (Fsp3) is 0.562. The van der Waals surface area contributed by atoms with Crippen LogP contribution in [0.4, 0.5) is 4.39 Å². The lowest BCUT2D eigenvalue weighted by Crippen LogP contribution is -2.36. The van der Waals surface area contributed by atoms with Gasteiger partial charge in [-0.2, -0.15) is 5.26 Å². The Bertz CT molecular complexity index is 485. The third-order valence-electron chi connectivity index (χ3n) is 3.91. The summed E-state index contributed by atoms with van der Waals surface area (Å²) in [6.45, 7) is 3.83. The highest BCUT2D eigenvalue weighted by atomic mass is 19.1. The van der Waals surface area contributed by atoms with Gasteiger partial charge in [0, 0.05) is 18.7 Å². The van der Waals surface area contributed by atoms with Crippen molar-refractivity contribution < 1.29 is 4.39 Å². The van der Waals surface area contributed by atoms with Crippen molar-refractivity contribution in [1.82, 2.24) is 9.80 Å². The van der Waals surface area contributed by atoms with Crippen molar-refractivity contribution in [2.75, 3.05) is 33.7 Å². The number of rotatable bonds is 4. The second-order valence-electron chi connectivity index (χ2n) is 5.90. The van der Waals surface area contributed by atoms with E-state index in [0.717, 1.165) is 25.6 Å². The lowest BCUT2D eigenvalue weighted by atomic mass is 9.96. The van der Waals surface area contributed by atoms with Crippen LogP contribution < -0.4 is 0 Å². The minimum absolute atomic E-state index is 0.264. The van der Waals surface area contributed by atoms with E-state index < -0.39 is 0 Å². The molecule has 3 nitrogen and oxygen atoms in total. The molecule has 0 bridgehead atoms. The standard InChI is InChI=1S/C16H22FN3/c1-19(2)11-13-5-7-20(8-6-13)12-15-4-3-14(10-18)9-16(15)17/h3-4,9,13H,5-8,11-12H2,1-2H3. The SMILES string of the molecule is CN(C)CC1CCN(Cc2ccc(C#N)cc2F)CC1. The molecule has 0 saturated carbocycles. The molecule has 0 aromatic heterocycles. The molecule has 0 unspecified atom stereocenters. The van der Waals surface area contributed by atoms with E-state index in [1.165, 1.54) is 18.9 Å². The van der Waals surface area contributed by atoms with Gasteiger partial charge in [-0.05, 0) is 58.1 Å². The summed E-state index contributed by atoms with van der Waals surface area (Å²) in [5.41, 5.74) is 1.08. The maximum Gasteiger partial charge on any atom is 0.129 e. The molecular weight excluding hydrogens is 253 g/mol. The van der Waals surface area contributed by atoms with Crippen LogP contribution in [0.25, 0.3) is 0 Å². The Labute approximate surface area is 120 Å². The number of benzene rings is 1. The number of hydrogen-bond acceptors (Lipinski definition) is 3. The van der Waals surface area contributed by atoms with Gasteiger partial charge in [-0.1, -0.05) is 6.07 Å². The molecule has 20 heavy (non-hydrogen) atoms. The number of piperidine rings is 1. The second-order valence-corrected chi connectivity index (χ2v) is 5.90. The van der Waals surface area contributed by atoms with Crippen molar-refractivity contribution in [3.8, 4) is 6.07 Å². The molecular formula is C16H22FN3. The molecule has 0 radical (unpaired) electrons. The van der Waals surface area contributed by atoms with Crippen molar-refractivity contribution in [1.29, 1.82) is 5.26 Å². The van der Waals surface area contributed by atoms with Crippen molar-refractivity contribution in [2.45, 2.75) is 19.4 Å². The van der Waals surface area contributed by atoms with Crippen LogP contribution in [0.15, 0.2) is 18.2 Å². The maximum atomic E-state index is 13.9. The van der Waals surface area contributed by atoms with E-state index in [9.17, 15) is 4.39 Å². The Balaban J connectivity index is 1.88. The van der Waals surface area contributed by atoms with Crippen molar-refractivity contribution in [2.24, 2.45) is 5.92 Å². The smallest absolute Gasteiger partial charge is 0.129 e. The molecule has 0 amide bonds. The van der Waals surface area contributed by atoms with Crippen LogP contribution >= 0.6 is 0 Å². The monoisotopic (exact) mass is 275 g/mol. The summed E-state index contributed by atoms with van der Waals surface area (Å²) in [5.74, 6) is 0.492.